The van der Waals surface area contributed by atoms with E-state index in [9.17, 15) is 48.6 Å². The molecule has 18 N–H and O–H groups in total. The average Bonchev–Trinajstić information content (AvgIpc) is 3.77. The molecule has 4 aromatic rings. The predicted molar refractivity (Wildman–Crippen MR) is 296 cm³/mol. The van der Waals surface area contributed by atoms with Gasteiger partial charge in [-0.25, -0.2) is 0 Å². The second-order valence-electron chi connectivity index (χ2n) is 18.6. The van der Waals surface area contributed by atoms with Gasteiger partial charge >= 0.3 is 0 Å². The number of aromatic nitrogens is 1. The molecule has 1 aromatic heterocycles. The van der Waals surface area contributed by atoms with Crippen molar-refractivity contribution in [3.05, 3.63) is 93.2 Å². The van der Waals surface area contributed by atoms with Crippen LogP contribution in [0.4, 0.5) is 5.69 Å². The molecule has 0 saturated carbocycles. The van der Waals surface area contributed by atoms with Gasteiger partial charge < -0.3 is 75.3 Å². The zero-order valence-electron chi connectivity index (χ0n) is 41.7. The van der Waals surface area contributed by atoms with Crippen molar-refractivity contribution >= 4 is 108 Å². The van der Waals surface area contributed by atoms with Gasteiger partial charge in [-0.05, 0) is 115 Å². The van der Waals surface area contributed by atoms with Gasteiger partial charge in [-0.2, -0.15) is 0 Å². The van der Waals surface area contributed by atoms with Gasteiger partial charge in [-0.3, -0.25) is 38.4 Å². The van der Waals surface area contributed by atoms with Crippen LogP contribution in [-0.2, 0) is 57.6 Å². The first kappa shape index (κ1) is 59.7. The number of phenols is 1. The SMILES string of the molecule is CC(C)[C@@H]1NC(=O)[C@H](CCCCN)NC(=O)[C@@H](Cc2c[nH]c3ccccc23)NC(=O)[C@H](Cc2ccc(O)c(I)c2)NC(=O)[C@@H](NC(=O)[C@H](N)Cc2ccc(N)cc2)CSSC[C@@H](C(=O)N[C@H](C(N)=O)[C@@H](C)O)NC1=O. The average molecular weight is 1190 g/mol. The number of anilines is 1. The Morgan fingerprint density at radius 2 is 1.41 bits per heavy atom. The van der Waals surface area contributed by atoms with Crippen molar-refractivity contribution in [1.82, 2.24) is 42.2 Å². The molecule has 9 atom stereocenters. The summed E-state index contributed by atoms with van der Waals surface area (Å²) >= 11 is 1.92. The lowest BCUT2D eigenvalue weighted by molar-refractivity contribution is -0.136. The molecule has 0 spiro atoms. The minimum Gasteiger partial charge on any atom is -0.507 e. The Hall–Kier alpha value is -6.13. The molecule has 1 saturated heterocycles. The maximum Gasteiger partial charge on any atom is 0.244 e. The Bertz CT molecular complexity index is 2660. The summed E-state index contributed by atoms with van der Waals surface area (Å²) in [4.78, 5) is 116. The number of H-pyrrole nitrogens is 1. The molecule has 5 rings (SSSR count). The Kier molecular flexibility index (Phi) is 22.8. The topological polar surface area (TPSA) is 381 Å². The second kappa shape index (κ2) is 28.7. The normalized spacial score (nSPS) is 21.8. The van der Waals surface area contributed by atoms with Crippen LogP contribution in [0.1, 0.15) is 56.7 Å². The monoisotopic (exact) mass is 1190 g/mol. The number of fused-ring (bicyclic) bond motifs is 1. The van der Waals surface area contributed by atoms with E-state index in [1.807, 2.05) is 46.9 Å². The van der Waals surface area contributed by atoms with Crippen LogP contribution < -0.4 is 60.2 Å². The van der Waals surface area contributed by atoms with E-state index >= 15 is 0 Å². The third-order valence-electron chi connectivity index (χ3n) is 12.3. The number of aliphatic hydroxyl groups is 1. The number of carbonyl (C=O) groups excluding carboxylic acids is 8. The quantitative estimate of drug-likeness (QED) is 0.0283. The number of unbranched alkanes of at least 4 members (excludes halogenated alkanes) is 1. The van der Waals surface area contributed by atoms with Gasteiger partial charge in [-0.15, -0.1) is 0 Å². The van der Waals surface area contributed by atoms with Crippen molar-refractivity contribution in [2.24, 2.45) is 23.1 Å². The van der Waals surface area contributed by atoms with E-state index in [2.05, 4.69) is 42.2 Å². The molecule has 0 aliphatic carbocycles. The number of hydrogen-bond acceptors (Lipinski definition) is 15. The molecule has 1 aliphatic rings. The van der Waals surface area contributed by atoms with Gasteiger partial charge in [0.1, 0.15) is 48.0 Å². The van der Waals surface area contributed by atoms with Crippen molar-refractivity contribution in [3.8, 4) is 5.75 Å². The summed E-state index contributed by atoms with van der Waals surface area (Å²) in [7, 11) is 2.01. The summed E-state index contributed by atoms with van der Waals surface area (Å²) in [6.45, 7) is 4.83. The molecule has 406 valence electrons. The molecule has 1 aliphatic heterocycles. The summed E-state index contributed by atoms with van der Waals surface area (Å²) in [6, 6.07) is 7.75. The summed E-state index contributed by atoms with van der Waals surface area (Å²) < 4.78 is 0.451. The molecule has 25 heteroatoms. The number of aliphatic hydroxyl groups excluding tert-OH is 1. The summed E-state index contributed by atoms with van der Waals surface area (Å²) in [6.07, 6.45) is 0.990. The zero-order valence-corrected chi connectivity index (χ0v) is 45.5. The number of carbonyl (C=O) groups is 8. The third kappa shape index (κ3) is 17.7. The van der Waals surface area contributed by atoms with Crippen LogP contribution in [0.15, 0.2) is 72.9 Å². The maximum absolute atomic E-state index is 14.9. The number of nitrogens with two attached hydrogens (primary N) is 4. The molecule has 3 aromatic carbocycles. The highest BCUT2D eigenvalue weighted by molar-refractivity contribution is 14.1. The Labute approximate surface area is 455 Å². The van der Waals surface area contributed by atoms with Gasteiger partial charge in [0, 0.05) is 47.1 Å². The summed E-state index contributed by atoms with van der Waals surface area (Å²) in [5, 5.41) is 40.3. The number of rotatable bonds is 17. The second-order valence-corrected chi connectivity index (χ2v) is 22.3. The first-order valence-corrected chi connectivity index (χ1v) is 27.9. The minimum atomic E-state index is -1.55. The van der Waals surface area contributed by atoms with Crippen LogP contribution in [0.25, 0.3) is 10.9 Å². The lowest BCUT2D eigenvalue weighted by atomic mass is 10.00. The number of nitrogen functional groups attached to an aromatic ring is 1. The van der Waals surface area contributed by atoms with E-state index in [0.29, 0.717) is 38.8 Å². The third-order valence-corrected chi connectivity index (χ3v) is 15.6. The lowest BCUT2D eigenvalue weighted by Gasteiger charge is -2.29. The molecule has 1 fully saturated rings. The molecule has 0 radical (unpaired) electrons. The molecular weight excluding hydrogens is 1120 g/mol. The molecule has 75 heavy (non-hydrogen) atoms. The van der Waals surface area contributed by atoms with Crippen LogP contribution in [-0.4, -0.2) is 135 Å². The van der Waals surface area contributed by atoms with Crippen molar-refractivity contribution in [2.45, 2.75) is 114 Å². The van der Waals surface area contributed by atoms with E-state index in [0.717, 1.165) is 32.5 Å². The van der Waals surface area contributed by atoms with Gasteiger partial charge in [-0.1, -0.05) is 71.8 Å². The molecule has 0 bridgehead atoms. The number of benzene rings is 3. The summed E-state index contributed by atoms with van der Waals surface area (Å²) in [5.41, 5.74) is 26.6. The van der Waals surface area contributed by atoms with E-state index in [1.54, 1.807) is 56.4 Å². The maximum atomic E-state index is 14.9. The van der Waals surface area contributed by atoms with Crippen LogP contribution in [0, 0.1) is 9.49 Å². The van der Waals surface area contributed by atoms with Crippen molar-refractivity contribution in [3.63, 3.8) is 0 Å². The first-order valence-electron chi connectivity index (χ1n) is 24.3. The van der Waals surface area contributed by atoms with E-state index in [1.165, 1.54) is 13.0 Å². The minimum absolute atomic E-state index is 0.0215. The lowest BCUT2D eigenvalue weighted by Crippen LogP contribution is -2.62. The number of nitrogens with one attached hydrogen (secondary N) is 8. The number of phenolic OH excluding ortho intramolecular Hbond substituents is 1. The van der Waals surface area contributed by atoms with Gasteiger partial charge in [0.05, 0.1) is 15.7 Å². The number of halogens is 1. The largest absolute Gasteiger partial charge is 0.507 e. The first-order chi connectivity index (χ1) is 35.6. The smallest absolute Gasteiger partial charge is 0.244 e. The molecular formula is C50H67IN12O10S2. The number of aromatic hydroxyl groups is 1. The van der Waals surface area contributed by atoms with Crippen LogP contribution in [0.5, 0.6) is 5.75 Å². The van der Waals surface area contributed by atoms with E-state index < -0.39 is 108 Å². The highest BCUT2D eigenvalue weighted by atomic mass is 127. The molecule has 2 heterocycles. The zero-order chi connectivity index (χ0) is 54.9. The molecule has 22 nitrogen and oxygen atoms in total. The Morgan fingerprint density at radius 1 is 0.787 bits per heavy atom. The van der Waals surface area contributed by atoms with Crippen molar-refractivity contribution < 1.29 is 48.6 Å². The number of hydrogen-bond donors (Lipinski definition) is 14. The fourth-order valence-electron chi connectivity index (χ4n) is 8.04. The standard InChI is InChI=1S/C50H67IN12O10S2/c1-25(2)41-50(73)61-39(49(72)63-42(26(3)64)43(55)66)24-75-74-23-38(60-44(67)33(54)19-27-11-14-30(53)15-12-27)48(71)58-36(20-28-13-16-40(65)32(51)18-28)46(69)59-37(21-29-22-56-34-9-5-4-8-31(29)34)47(70)57-35(45(68)62-41)10-6-7-17-52/h4-5,8-9,11-16,18,22,25-26,33,35-39,41-42,56,64-65H,6-7,10,17,19-21,23-24,52-54H2,1-3H3,(H2,55,66)(H,57,70)(H,58,71)(H,59,69)(H,60,67)(H,61,73)(H,62,68)(H,63,72)/t26-,33-,35+,36+,37-,38+,39+,41+,42+/m1/s1. The number of amides is 8. The molecule has 0 unspecified atom stereocenters. The van der Waals surface area contributed by atoms with Gasteiger partial charge in [0.15, 0.2) is 0 Å². The van der Waals surface area contributed by atoms with E-state index in [4.69, 9.17) is 22.9 Å². The number of primary amides is 1. The molecule has 8 amide bonds. The fourth-order valence-corrected chi connectivity index (χ4v) is 10.9. The number of para-hydroxylation sites is 1. The highest BCUT2D eigenvalue weighted by Gasteiger charge is 2.36. The highest BCUT2D eigenvalue weighted by Crippen LogP contribution is 2.25. The van der Waals surface area contributed by atoms with Crippen molar-refractivity contribution in [1.29, 1.82) is 0 Å². The van der Waals surface area contributed by atoms with Crippen LogP contribution >= 0.6 is 44.2 Å². The van der Waals surface area contributed by atoms with Gasteiger partial charge in [0.25, 0.3) is 0 Å². The fraction of sp³-hybridized carbons (Fsp3) is 0.440. The van der Waals surface area contributed by atoms with Crippen molar-refractivity contribution in [2.75, 3.05) is 23.8 Å². The van der Waals surface area contributed by atoms with Crippen LogP contribution in [0.2, 0.25) is 0 Å². The van der Waals surface area contributed by atoms with E-state index in [-0.39, 0.29) is 49.5 Å². The predicted octanol–water partition coefficient (Wildman–Crippen LogP) is -0.145. The Morgan fingerprint density at radius 3 is 2.07 bits per heavy atom. The van der Waals surface area contributed by atoms with Crippen LogP contribution in [0.3, 0.4) is 0 Å². The van der Waals surface area contributed by atoms with Gasteiger partial charge in [0.2, 0.25) is 47.3 Å². The number of aromatic amines is 1. The summed E-state index contributed by atoms with van der Waals surface area (Å²) in [5.74, 6) is -7.72. The Balaban J connectivity index is 1.60.